The average Bonchev–Trinajstić information content (AvgIpc) is 3.23. The van der Waals surface area contributed by atoms with Crippen LogP contribution in [0.3, 0.4) is 0 Å². The van der Waals surface area contributed by atoms with Gasteiger partial charge in [-0.15, -0.1) is 0 Å². The van der Waals surface area contributed by atoms with Gasteiger partial charge in [-0.05, 0) is 38.5 Å². The Balaban J connectivity index is 1.72. The fourth-order valence-electron chi connectivity index (χ4n) is 3.91. The Morgan fingerprint density at radius 1 is 1.35 bits per heavy atom. The Morgan fingerprint density at radius 3 is 2.74 bits per heavy atom. The van der Waals surface area contributed by atoms with E-state index in [4.69, 9.17) is 9.47 Å². The zero-order chi connectivity index (χ0) is 16.5. The molecule has 2 fully saturated rings. The van der Waals surface area contributed by atoms with Gasteiger partial charge in [0.2, 0.25) is 0 Å². The zero-order valence-electron chi connectivity index (χ0n) is 15.2. The molecule has 0 amide bonds. The standard InChI is InChI=1S/C18H35N3O2/c1-4-23-17(16-7-5-6-8-16)9-11-20-18(19-2)21(3)13-15-10-12-22-14-15/h15-17H,4-14H2,1-3H3,(H,19,20). The normalized spacial score (nSPS) is 24.1. The van der Waals surface area contributed by atoms with E-state index in [-0.39, 0.29) is 0 Å². The van der Waals surface area contributed by atoms with Gasteiger partial charge in [-0.3, -0.25) is 4.99 Å². The molecule has 0 bridgehead atoms. The summed E-state index contributed by atoms with van der Waals surface area (Å²) in [5.41, 5.74) is 0. The van der Waals surface area contributed by atoms with Crippen molar-refractivity contribution in [2.75, 3.05) is 47.0 Å². The third kappa shape index (κ3) is 5.96. The number of hydrogen-bond donors (Lipinski definition) is 1. The number of guanidine groups is 1. The molecule has 5 heteroatoms. The maximum Gasteiger partial charge on any atom is 0.193 e. The van der Waals surface area contributed by atoms with Crippen LogP contribution in [0.1, 0.15) is 45.4 Å². The first kappa shape index (κ1) is 18.5. The number of ether oxygens (including phenoxy) is 2. The predicted molar refractivity (Wildman–Crippen MR) is 94.9 cm³/mol. The van der Waals surface area contributed by atoms with Crippen molar-refractivity contribution >= 4 is 5.96 Å². The van der Waals surface area contributed by atoms with Gasteiger partial charge in [0.25, 0.3) is 0 Å². The van der Waals surface area contributed by atoms with Crippen molar-refractivity contribution in [2.24, 2.45) is 16.8 Å². The van der Waals surface area contributed by atoms with Crippen LogP contribution >= 0.6 is 0 Å². The topological polar surface area (TPSA) is 46.1 Å². The van der Waals surface area contributed by atoms with Crippen LogP contribution in [0.25, 0.3) is 0 Å². The lowest BCUT2D eigenvalue weighted by atomic mass is 9.98. The molecule has 2 rings (SSSR count). The molecule has 1 aliphatic carbocycles. The number of nitrogens with one attached hydrogen (secondary N) is 1. The minimum atomic E-state index is 0.404. The molecule has 2 aliphatic rings. The molecule has 1 aliphatic heterocycles. The first-order valence-corrected chi connectivity index (χ1v) is 9.35. The lowest BCUT2D eigenvalue weighted by Crippen LogP contribution is -2.42. The van der Waals surface area contributed by atoms with E-state index in [1.807, 2.05) is 7.05 Å². The van der Waals surface area contributed by atoms with Gasteiger partial charge in [-0.25, -0.2) is 0 Å². The maximum absolute atomic E-state index is 6.00. The van der Waals surface area contributed by atoms with Crippen LogP contribution in [-0.2, 0) is 9.47 Å². The highest BCUT2D eigenvalue weighted by Crippen LogP contribution is 2.30. The molecular weight excluding hydrogens is 290 g/mol. The van der Waals surface area contributed by atoms with E-state index in [9.17, 15) is 0 Å². The number of hydrogen-bond acceptors (Lipinski definition) is 3. The van der Waals surface area contributed by atoms with Crippen molar-refractivity contribution in [1.29, 1.82) is 0 Å². The summed E-state index contributed by atoms with van der Waals surface area (Å²) in [4.78, 5) is 6.65. The molecule has 1 saturated heterocycles. The number of aliphatic imine (C=N–C) groups is 1. The molecule has 23 heavy (non-hydrogen) atoms. The van der Waals surface area contributed by atoms with E-state index in [0.29, 0.717) is 12.0 Å². The summed E-state index contributed by atoms with van der Waals surface area (Å²) in [6, 6.07) is 0. The highest BCUT2D eigenvalue weighted by Gasteiger charge is 2.25. The first-order valence-electron chi connectivity index (χ1n) is 9.35. The third-order valence-electron chi connectivity index (χ3n) is 5.15. The van der Waals surface area contributed by atoms with Crippen LogP contribution in [0.2, 0.25) is 0 Å². The Labute approximate surface area is 141 Å². The van der Waals surface area contributed by atoms with Gasteiger partial charge in [-0.2, -0.15) is 0 Å². The van der Waals surface area contributed by atoms with E-state index in [0.717, 1.165) is 57.6 Å². The summed E-state index contributed by atoms with van der Waals surface area (Å²) in [5.74, 6) is 2.37. The Kier molecular flexibility index (Phi) is 8.17. The van der Waals surface area contributed by atoms with E-state index < -0.39 is 0 Å². The highest BCUT2D eigenvalue weighted by atomic mass is 16.5. The summed E-state index contributed by atoms with van der Waals surface area (Å²) in [5, 5.41) is 3.51. The monoisotopic (exact) mass is 325 g/mol. The minimum Gasteiger partial charge on any atom is -0.381 e. The van der Waals surface area contributed by atoms with E-state index in [1.54, 1.807) is 0 Å². The highest BCUT2D eigenvalue weighted by molar-refractivity contribution is 5.79. The largest absolute Gasteiger partial charge is 0.381 e. The van der Waals surface area contributed by atoms with Crippen LogP contribution in [0.4, 0.5) is 0 Å². The van der Waals surface area contributed by atoms with Gasteiger partial charge in [0.15, 0.2) is 5.96 Å². The number of nitrogens with zero attached hydrogens (tertiary/aromatic N) is 2. The Hall–Kier alpha value is -0.810. The lowest BCUT2D eigenvalue weighted by molar-refractivity contribution is 0.0169. The van der Waals surface area contributed by atoms with Crippen LogP contribution in [0.15, 0.2) is 4.99 Å². The molecule has 0 spiro atoms. The fourth-order valence-corrected chi connectivity index (χ4v) is 3.91. The van der Waals surface area contributed by atoms with Crippen LogP contribution in [0.5, 0.6) is 0 Å². The summed E-state index contributed by atoms with van der Waals surface area (Å²) in [6.45, 7) is 6.65. The van der Waals surface area contributed by atoms with Crippen molar-refractivity contribution in [3.63, 3.8) is 0 Å². The summed E-state index contributed by atoms with van der Waals surface area (Å²) in [7, 11) is 3.98. The van der Waals surface area contributed by atoms with Crippen LogP contribution in [-0.4, -0.2) is 64.0 Å². The van der Waals surface area contributed by atoms with Gasteiger partial charge in [0.1, 0.15) is 0 Å². The maximum atomic E-state index is 6.00. The van der Waals surface area contributed by atoms with E-state index in [1.165, 1.54) is 25.7 Å². The first-order chi connectivity index (χ1) is 11.2. The van der Waals surface area contributed by atoms with Crippen molar-refractivity contribution in [3.8, 4) is 0 Å². The van der Waals surface area contributed by atoms with Crippen molar-refractivity contribution in [2.45, 2.75) is 51.6 Å². The van der Waals surface area contributed by atoms with Crippen molar-refractivity contribution in [3.05, 3.63) is 0 Å². The molecule has 2 atom stereocenters. The molecule has 0 aromatic carbocycles. The summed E-state index contributed by atoms with van der Waals surface area (Å²) < 4.78 is 11.5. The number of rotatable bonds is 8. The van der Waals surface area contributed by atoms with Crippen molar-refractivity contribution in [1.82, 2.24) is 10.2 Å². The molecule has 1 N–H and O–H groups in total. The second-order valence-corrected chi connectivity index (χ2v) is 6.91. The third-order valence-corrected chi connectivity index (χ3v) is 5.15. The molecule has 1 saturated carbocycles. The molecule has 0 aromatic rings. The van der Waals surface area contributed by atoms with Gasteiger partial charge < -0.3 is 19.7 Å². The lowest BCUT2D eigenvalue weighted by Gasteiger charge is -2.27. The molecular formula is C18H35N3O2. The molecule has 2 unspecified atom stereocenters. The smallest absolute Gasteiger partial charge is 0.193 e. The fraction of sp³-hybridized carbons (Fsp3) is 0.944. The Morgan fingerprint density at radius 2 is 2.13 bits per heavy atom. The van der Waals surface area contributed by atoms with Gasteiger partial charge in [0.05, 0.1) is 12.7 Å². The molecule has 0 radical (unpaired) electrons. The molecule has 0 aromatic heterocycles. The van der Waals surface area contributed by atoms with Gasteiger partial charge in [0, 0.05) is 46.3 Å². The molecule has 1 heterocycles. The second-order valence-electron chi connectivity index (χ2n) is 6.91. The average molecular weight is 325 g/mol. The van der Waals surface area contributed by atoms with E-state index >= 15 is 0 Å². The van der Waals surface area contributed by atoms with Crippen molar-refractivity contribution < 1.29 is 9.47 Å². The zero-order valence-corrected chi connectivity index (χ0v) is 15.2. The van der Waals surface area contributed by atoms with Gasteiger partial charge >= 0.3 is 0 Å². The molecule has 134 valence electrons. The second kappa shape index (κ2) is 10.1. The summed E-state index contributed by atoms with van der Waals surface area (Å²) >= 11 is 0. The minimum absolute atomic E-state index is 0.404. The Bertz CT molecular complexity index is 350. The molecule has 5 nitrogen and oxygen atoms in total. The van der Waals surface area contributed by atoms with E-state index in [2.05, 4.69) is 29.2 Å². The SMILES string of the molecule is CCOC(CCNC(=NC)N(C)CC1CCOC1)C1CCCC1. The summed E-state index contributed by atoms with van der Waals surface area (Å²) in [6.07, 6.45) is 8.04. The predicted octanol–water partition coefficient (Wildman–Crippen LogP) is 2.52. The van der Waals surface area contributed by atoms with Gasteiger partial charge in [-0.1, -0.05) is 12.8 Å². The van der Waals surface area contributed by atoms with Crippen LogP contribution in [0, 0.1) is 11.8 Å². The quantitative estimate of drug-likeness (QED) is 0.550. The van der Waals surface area contributed by atoms with Crippen LogP contribution < -0.4 is 5.32 Å².